The van der Waals surface area contributed by atoms with Gasteiger partial charge in [-0.05, 0) is 31.4 Å². The number of carbonyl (C=O) groups is 1. The number of anilines is 1. The lowest BCUT2D eigenvalue weighted by molar-refractivity contribution is 0.244. The highest BCUT2D eigenvalue weighted by molar-refractivity contribution is 7.07. The molecule has 1 heterocycles. The summed E-state index contributed by atoms with van der Waals surface area (Å²) in [5.74, 6) is 0. The van der Waals surface area contributed by atoms with Crippen molar-refractivity contribution in [1.82, 2.24) is 10.3 Å². The van der Waals surface area contributed by atoms with Gasteiger partial charge in [0.05, 0.1) is 11.2 Å². The molecule has 0 atom stereocenters. The van der Waals surface area contributed by atoms with Crippen LogP contribution in [0.1, 0.15) is 37.7 Å². The summed E-state index contributed by atoms with van der Waals surface area (Å²) in [6, 6.07) is 6.26. The molecule has 1 saturated carbocycles. The number of thiazole rings is 1. The fraction of sp³-hybridized carbons (Fsp3) is 0.412. The number of rotatable bonds is 3. The van der Waals surface area contributed by atoms with E-state index in [1.54, 1.807) is 11.3 Å². The number of hydrogen-bond acceptors (Lipinski definition) is 3. The third-order valence-corrected chi connectivity index (χ3v) is 4.74. The van der Waals surface area contributed by atoms with Crippen LogP contribution in [-0.4, -0.2) is 17.1 Å². The van der Waals surface area contributed by atoms with Crippen molar-refractivity contribution in [1.29, 1.82) is 0 Å². The number of benzene rings is 1. The third kappa shape index (κ3) is 3.65. The number of aromatic nitrogens is 1. The Hall–Kier alpha value is -1.88. The predicted octanol–water partition coefficient (Wildman–Crippen LogP) is 4.57. The summed E-state index contributed by atoms with van der Waals surface area (Å²) < 4.78 is 0. The van der Waals surface area contributed by atoms with Crippen molar-refractivity contribution in [3.05, 3.63) is 34.7 Å². The number of urea groups is 1. The van der Waals surface area contributed by atoms with Crippen LogP contribution in [0.2, 0.25) is 0 Å². The van der Waals surface area contributed by atoms with Crippen molar-refractivity contribution >= 4 is 23.1 Å². The number of carbonyl (C=O) groups excluding carboxylic acids is 1. The topological polar surface area (TPSA) is 54.0 Å². The molecule has 0 unspecified atom stereocenters. The molecule has 1 aliphatic carbocycles. The second-order valence-electron chi connectivity index (χ2n) is 5.84. The molecule has 1 fully saturated rings. The molecule has 2 aromatic rings. The van der Waals surface area contributed by atoms with E-state index < -0.39 is 0 Å². The van der Waals surface area contributed by atoms with Crippen LogP contribution in [0.3, 0.4) is 0 Å². The largest absolute Gasteiger partial charge is 0.335 e. The van der Waals surface area contributed by atoms with Gasteiger partial charge in [-0.3, -0.25) is 0 Å². The molecule has 0 bridgehead atoms. The highest BCUT2D eigenvalue weighted by atomic mass is 32.1. The highest BCUT2D eigenvalue weighted by Gasteiger charge is 2.16. The van der Waals surface area contributed by atoms with E-state index in [1.165, 1.54) is 19.3 Å². The van der Waals surface area contributed by atoms with Crippen LogP contribution in [0.25, 0.3) is 11.3 Å². The number of amides is 2. The van der Waals surface area contributed by atoms with E-state index in [1.807, 2.05) is 36.0 Å². The quantitative estimate of drug-likeness (QED) is 0.871. The van der Waals surface area contributed by atoms with Crippen molar-refractivity contribution < 1.29 is 4.79 Å². The third-order valence-electron chi connectivity index (χ3n) is 4.15. The SMILES string of the molecule is Cc1ccc(-c2cscn2)cc1NC(=O)NC1CCCCC1. The van der Waals surface area contributed by atoms with Crippen molar-refractivity contribution in [3.8, 4) is 11.3 Å². The maximum absolute atomic E-state index is 12.2. The van der Waals surface area contributed by atoms with Gasteiger partial charge in [0.15, 0.2) is 0 Å². The lowest BCUT2D eigenvalue weighted by Crippen LogP contribution is -2.39. The van der Waals surface area contributed by atoms with Gasteiger partial charge in [0.2, 0.25) is 0 Å². The summed E-state index contributed by atoms with van der Waals surface area (Å²) in [7, 11) is 0. The Morgan fingerprint density at radius 1 is 1.27 bits per heavy atom. The first kappa shape index (κ1) is 15.0. The molecule has 1 aromatic heterocycles. The maximum Gasteiger partial charge on any atom is 0.319 e. The Bertz CT molecular complexity index is 633. The second-order valence-corrected chi connectivity index (χ2v) is 6.56. The molecule has 0 aliphatic heterocycles. The highest BCUT2D eigenvalue weighted by Crippen LogP contribution is 2.25. The summed E-state index contributed by atoms with van der Waals surface area (Å²) in [4.78, 5) is 16.5. The van der Waals surface area contributed by atoms with Crippen molar-refractivity contribution in [3.63, 3.8) is 0 Å². The molecule has 1 aliphatic rings. The number of hydrogen-bond donors (Lipinski definition) is 2. The van der Waals surface area contributed by atoms with E-state index in [-0.39, 0.29) is 6.03 Å². The summed E-state index contributed by atoms with van der Waals surface area (Å²) in [5, 5.41) is 8.08. The molecule has 0 saturated heterocycles. The maximum atomic E-state index is 12.2. The average molecular weight is 315 g/mol. The van der Waals surface area contributed by atoms with Crippen LogP contribution in [0.15, 0.2) is 29.1 Å². The smallest absolute Gasteiger partial charge is 0.319 e. The van der Waals surface area contributed by atoms with Crippen LogP contribution in [0.5, 0.6) is 0 Å². The van der Waals surface area contributed by atoms with Gasteiger partial charge in [-0.2, -0.15) is 0 Å². The van der Waals surface area contributed by atoms with E-state index >= 15 is 0 Å². The van der Waals surface area contributed by atoms with Gasteiger partial charge >= 0.3 is 6.03 Å². The van der Waals surface area contributed by atoms with E-state index in [0.717, 1.165) is 35.3 Å². The number of aryl methyl sites for hydroxylation is 1. The number of nitrogens with zero attached hydrogens (tertiary/aromatic N) is 1. The van der Waals surface area contributed by atoms with E-state index in [9.17, 15) is 4.79 Å². The van der Waals surface area contributed by atoms with Gasteiger partial charge in [-0.25, -0.2) is 9.78 Å². The van der Waals surface area contributed by atoms with Crippen LogP contribution in [-0.2, 0) is 0 Å². The zero-order valence-corrected chi connectivity index (χ0v) is 13.6. The summed E-state index contributed by atoms with van der Waals surface area (Å²) in [6.07, 6.45) is 5.89. The molecule has 0 spiro atoms. The zero-order chi connectivity index (χ0) is 15.4. The number of nitrogens with one attached hydrogen (secondary N) is 2. The minimum atomic E-state index is -0.106. The standard InChI is InChI=1S/C17H21N3OS/c1-12-7-8-13(16-10-22-11-18-16)9-15(12)20-17(21)19-14-5-3-2-4-6-14/h7-11,14H,2-6H2,1H3,(H2,19,20,21). The molecule has 2 amide bonds. The Labute approximate surface area is 135 Å². The monoisotopic (exact) mass is 315 g/mol. The molecule has 22 heavy (non-hydrogen) atoms. The van der Waals surface area contributed by atoms with Crippen LogP contribution >= 0.6 is 11.3 Å². The molecule has 0 radical (unpaired) electrons. The van der Waals surface area contributed by atoms with E-state index in [0.29, 0.717) is 6.04 Å². The van der Waals surface area contributed by atoms with Crippen LogP contribution in [0, 0.1) is 6.92 Å². The normalized spacial score (nSPS) is 15.5. The molecule has 1 aromatic carbocycles. The molecule has 116 valence electrons. The first-order chi connectivity index (χ1) is 10.7. The summed E-state index contributed by atoms with van der Waals surface area (Å²) in [5.41, 5.74) is 5.69. The molecular weight excluding hydrogens is 294 g/mol. The van der Waals surface area contributed by atoms with Gasteiger partial charge in [0, 0.05) is 22.7 Å². The van der Waals surface area contributed by atoms with Gasteiger partial charge in [0.25, 0.3) is 0 Å². The van der Waals surface area contributed by atoms with Gasteiger partial charge in [-0.15, -0.1) is 11.3 Å². The second kappa shape index (κ2) is 6.92. The first-order valence-corrected chi connectivity index (χ1v) is 8.73. The zero-order valence-electron chi connectivity index (χ0n) is 12.8. The Kier molecular flexibility index (Phi) is 4.73. The van der Waals surface area contributed by atoms with E-state index in [2.05, 4.69) is 15.6 Å². The van der Waals surface area contributed by atoms with E-state index in [4.69, 9.17) is 0 Å². The van der Waals surface area contributed by atoms with Crippen molar-refractivity contribution in [2.24, 2.45) is 0 Å². The van der Waals surface area contributed by atoms with Crippen LogP contribution < -0.4 is 10.6 Å². The fourth-order valence-corrected chi connectivity index (χ4v) is 3.42. The molecule has 2 N–H and O–H groups in total. The Balaban J connectivity index is 1.68. The molecular formula is C17H21N3OS. The predicted molar refractivity (Wildman–Crippen MR) is 91.3 cm³/mol. The van der Waals surface area contributed by atoms with Crippen molar-refractivity contribution in [2.45, 2.75) is 45.1 Å². The van der Waals surface area contributed by atoms with Crippen molar-refractivity contribution in [2.75, 3.05) is 5.32 Å². The molecule has 5 heteroatoms. The minimum absolute atomic E-state index is 0.106. The minimum Gasteiger partial charge on any atom is -0.335 e. The van der Waals surface area contributed by atoms with Crippen LogP contribution in [0.4, 0.5) is 10.5 Å². The van der Waals surface area contributed by atoms with Gasteiger partial charge in [0.1, 0.15) is 0 Å². The lowest BCUT2D eigenvalue weighted by Gasteiger charge is -2.23. The summed E-state index contributed by atoms with van der Waals surface area (Å²) in [6.45, 7) is 2.00. The average Bonchev–Trinajstić information content (AvgIpc) is 3.05. The molecule has 4 nitrogen and oxygen atoms in total. The lowest BCUT2D eigenvalue weighted by atomic mass is 9.96. The Morgan fingerprint density at radius 2 is 2.09 bits per heavy atom. The van der Waals surface area contributed by atoms with Gasteiger partial charge < -0.3 is 10.6 Å². The molecule has 3 rings (SSSR count). The first-order valence-electron chi connectivity index (χ1n) is 7.79. The van der Waals surface area contributed by atoms with Gasteiger partial charge in [-0.1, -0.05) is 31.4 Å². The Morgan fingerprint density at radius 3 is 2.82 bits per heavy atom. The fourth-order valence-electron chi connectivity index (χ4n) is 2.86. The summed E-state index contributed by atoms with van der Waals surface area (Å²) >= 11 is 1.57.